The average molecular weight is 444 g/mol. The molecule has 8 nitrogen and oxygen atoms in total. The van der Waals surface area contributed by atoms with Crippen LogP contribution in [-0.2, 0) is 32.4 Å². The van der Waals surface area contributed by atoms with Gasteiger partial charge in [-0.3, -0.25) is 9.12 Å². The third-order valence-corrected chi connectivity index (χ3v) is 7.68. The molecule has 0 aromatic heterocycles. The standard InChI is InChI=1S/C19H25O8PS/c1-2-26-14-16-10-6-7-11-18(16)27-17(12-15-8-4-3-5-9-15)13-19(28(20,21)22)29(23,24)25/h3-11,17,19H,2,12-14H2,1H3,(H2,20,21,22)(H,23,24,25). The molecule has 2 atom stereocenters. The summed E-state index contributed by atoms with van der Waals surface area (Å²) < 4.78 is 55.7. The third-order valence-electron chi connectivity index (χ3n) is 4.22. The summed E-state index contributed by atoms with van der Waals surface area (Å²) in [4.78, 5) is 16.6. The Hall–Kier alpha value is -1.74. The molecule has 0 saturated carbocycles. The zero-order chi connectivity index (χ0) is 21.5. The molecule has 2 rings (SSSR count). The number of benzene rings is 2. The minimum absolute atomic E-state index is 0.190. The van der Waals surface area contributed by atoms with Gasteiger partial charge in [0.15, 0.2) is 4.99 Å². The van der Waals surface area contributed by atoms with E-state index in [9.17, 15) is 27.3 Å². The van der Waals surface area contributed by atoms with E-state index in [-0.39, 0.29) is 13.0 Å². The van der Waals surface area contributed by atoms with E-state index in [1.807, 2.05) is 13.0 Å². The van der Waals surface area contributed by atoms with E-state index in [1.165, 1.54) is 0 Å². The highest BCUT2D eigenvalue weighted by Gasteiger charge is 2.42. The minimum atomic E-state index is -5.13. The predicted octanol–water partition coefficient (Wildman–Crippen LogP) is 2.99. The molecule has 0 spiro atoms. The van der Waals surface area contributed by atoms with Crippen LogP contribution in [0.4, 0.5) is 0 Å². The minimum Gasteiger partial charge on any atom is -0.490 e. The van der Waals surface area contributed by atoms with Gasteiger partial charge < -0.3 is 19.3 Å². The molecule has 0 aliphatic heterocycles. The Bertz CT molecular complexity index is 926. The maximum atomic E-state index is 11.7. The number of ether oxygens (including phenoxy) is 2. The Balaban J connectivity index is 2.34. The van der Waals surface area contributed by atoms with E-state index in [0.29, 0.717) is 17.9 Å². The zero-order valence-electron chi connectivity index (χ0n) is 15.9. The summed E-state index contributed by atoms with van der Waals surface area (Å²) in [6, 6.07) is 16.0. The Morgan fingerprint density at radius 2 is 1.66 bits per heavy atom. The molecule has 0 amide bonds. The van der Waals surface area contributed by atoms with Crippen molar-refractivity contribution in [3.63, 3.8) is 0 Å². The van der Waals surface area contributed by atoms with E-state index in [4.69, 9.17) is 9.47 Å². The highest BCUT2D eigenvalue weighted by molar-refractivity contribution is 7.93. The number of hydrogen-bond donors (Lipinski definition) is 3. The van der Waals surface area contributed by atoms with Gasteiger partial charge in [0.1, 0.15) is 11.9 Å². The summed E-state index contributed by atoms with van der Waals surface area (Å²) in [6.07, 6.45) is -1.31. The van der Waals surface area contributed by atoms with Crippen LogP contribution in [0.3, 0.4) is 0 Å². The quantitative estimate of drug-likeness (QED) is 0.356. The van der Waals surface area contributed by atoms with Gasteiger partial charge in [-0.2, -0.15) is 8.42 Å². The second kappa shape index (κ2) is 10.3. The van der Waals surface area contributed by atoms with Crippen LogP contribution in [0.5, 0.6) is 5.75 Å². The fourth-order valence-corrected chi connectivity index (χ4v) is 5.19. The van der Waals surface area contributed by atoms with Gasteiger partial charge in [-0.05, 0) is 18.6 Å². The summed E-state index contributed by atoms with van der Waals surface area (Å²) in [6.45, 7) is 2.61. The van der Waals surface area contributed by atoms with Crippen LogP contribution in [0.15, 0.2) is 54.6 Å². The van der Waals surface area contributed by atoms with E-state index in [1.54, 1.807) is 48.5 Å². The molecule has 0 fully saturated rings. The van der Waals surface area contributed by atoms with Gasteiger partial charge >= 0.3 is 7.60 Å². The Morgan fingerprint density at radius 1 is 1.03 bits per heavy atom. The van der Waals surface area contributed by atoms with Gasteiger partial charge in [0.2, 0.25) is 0 Å². The van der Waals surface area contributed by atoms with Crippen LogP contribution in [0.2, 0.25) is 0 Å². The van der Waals surface area contributed by atoms with E-state index in [2.05, 4.69) is 0 Å². The van der Waals surface area contributed by atoms with Gasteiger partial charge in [-0.15, -0.1) is 0 Å². The van der Waals surface area contributed by atoms with Crippen molar-refractivity contribution in [2.75, 3.05) is 6.61 Å². The van der Waals surface area contributed by atoms with Crippen molar-refractivity contribution < 1.29 is 36.8 Å². The van der Waals surface area contributed by atoms with Gasteiger partial charge in [0.05, 0.1) is 6.61 Å². The molecule has 0 bridgehead atoms. The molecule has 0 aliphatic carbocycles. The molecule has 2 unspecified atom stereocenters. The maximum Gasteiger partial charge on any atom is 0.346 e. The van der Waals surface area contributed by atoms with E-state index >= 15 is 0 Å². The second-order valence-corrected chi connectivity index (χ2v) is 10.2. The molecule has 0 radical (unpaired) electrons. The molecular formula is C19H25O8PS. The predicted molar refractivity (Wildman–Crippen MR) is 108 cm³/mol. The first kappa shape index (κ1) is 23.5. The molecule has 160 valence electrons. The normalized spacial score (nSPS) is 14.3. The largest absolute Gasteiger partial charge is 0.490 e. The highest BCUT2D eigenvalue weighted by atomic mass is 32.2. The van der Waals surface area contributed by atoms with Gasteiger partial charge in [-0.25, -0.2) is 0 Å². The lowest BCUT2D eigenvalue weighted by Crippen LogP contribution is -2.31. The van der Waals surface area contributed by atoms with Crippen LogP contribution in [0.25, 0.3) is 0 Å². The van der Waals surface area contributed by atoms with Crippen molar-refractivity contribution in [2.45, 2.75) is 37.5 Å². The Kier molecular flexibility index (Phi) is 8.39. The van der Waals surface area contributed by atoms with Crippen LogP contribution in [0.1, 0.15) is 24.5 Å². The number of para-hydroxylation sites is 1. The lowest BCUT2D eigenvalue weighted by Gasteiger charge is -2.25. The van der Waals surface area contributed by atoms with Gasteiger partial charge in [0, 0.05) is 25.0 Å². The zero-order valence-corrected chi connectivity index (χ0v) is 17.6. The van der Waals surface area contributed by atoms with Crippen LogP contribution in [0, 0.1) is 0 Å². The van der Waals surface area contributed by atoms with Crippen LogP contribution >= 0.6 is 7.60 Å². The first-order valence-electron chi connectivity index (χ1n) is 8.99. The molecule has 2 aromatic rings. The second-order valence-electron chi connectivity index (χ2n) is 6.47. The maximum absolute atomic E-state index is 11.7. The first-order valence-corrected chi connectivity index (χ1v) is 12.2. The van der Waals surface area contributed by atoms with Crippen molar-refractivity contribution in [2.24, 2.45) is 0 Å². The van der Waals surface area contributed by atoms with Crippen molar-refractivity contribution in [1.29, 1.82) is 0 Å². The molecule has 0 aliphatic rings. The molecule has 10 heteroatoms. The number of rotatable bonds is 11. The Morgan fingerprint density at radius 3 is 2.24 bits per heavy atom. The fourth-order valence-electron chi connectivity index (χ4n) is 2.84. The Labute approximate surface area is 170 Å². The average Bonchev–Trinajstić information content (AvgIpc) is 2.64. The topological polar surface area (TPSA) is 130 Å². The van der Waals surface area contributed by atoms with Crippen molar-refractivity contribution >= 4 is 17.7 Å². The smallest absolute Gasteiger partial charge is 0.346 e. The SMILES string of the molecule is CCOCc1ccccc1OC(Cc1ccccc1)CC(P(=O)(O)O)S(=O)(=O)O. The number of hydrogen-bond acceptors (Lipinski definition) is 5. The summed E-state index contributed by atoms with van der Waals surface area (Å²) in [5.41, 5.74) is 1.51. The molecule has 0 heterocycles. The molecule has 29 heavy (non-hydrogen) atoms. The summed E-state index contributed by atoms with van der Waals surface area (Å²) >= 11 is 0. The lowest BCUT2D eigenvalue weighted by molar-refractivity contribution is 0.126. The highest BCUT2D eigenvalue weighted by Crippen LogP contribution is 2.46. The molecular weight excluding hydrogens is 419 g/mol. The van der Waals surface area contributed by atoms with Crippen molar-refractivity contribution in [3.8, 4) is 5.75 Å². The van der Waals surface area contributed by atoms with Crippen molar-refractivity contribution in [3.05, 3.63) is 65.7 Å². The molecule has 0 saturated heterocycles. The van der Waals surface area contributed by atoms with E-state index in [0.717, 1.165) is 5.56 Å². The monoisotopic (exact) mass is 444 g/mol. The fraction of sp³-hybridized carbons (Fsp3) is 0.368. The molecule has 3 N–H and O–H groups in total. The first-order chi connectivity index (χ1) is 13.6. The summed E-state index contributed by atoms with van der Waals surface area (Å²) in [5.74, 6) is 0.418. The lowest BCUT2D eigenvalue weighted by atomic mass is 10.1. The summed E-state index contributed by atoms with van der Waals surface area (Å²) in [7, 11) is -10.1. The van der Waals surface area contributed by atoms with E-state index < -0.39 is 35.2 Å². The van der Waals surface area contributed by atoms with Crippen LogP contribution < -0.4 is 4.74 Å². The van der Waals surface area contributed by atoms with Gasteiger partial charge in [0.25, 0.3) is 10.1 Å². The third kappa shape index (κ3) is 7.54. The van der Waals surface area contributed by atoms with Gasteiger partial charge in [-0.1, -0.05) is 48.5 Å². The summed E-state index contributed by atoms with van der Waals surface area (Å²) in [5, 5.41) is 0. The molecule has 2 aromatic carbocycles. The van der Waals surface area contributed by atoms with Crippen molar-refractivity contribution in [1.82, 2.24) is 0 Å². The van der Waals surface area contributed by atoms with Crippen LogP contribution in [-0.4, -0.2) is 40.5 Å².